The van der Waals surface area contributed by atoms with E-state index in [-0.39, 0.29) is 29.7 Å². The van der Waals surface area contributed by atoms with E-state index in [1.165, 1.54) is 7.11 Å². The predicted octanol–water partition coefficient (Wildman–Crippen LogP) is 1.43. The topological polar surface area (TPSA) is 84.4 Å². The third-order valence-electron chi connectivity index (χ3n) is 4.48. The summed E-state index contributed by atoms with van der Waals surface area (Å²) in [6.45, 7) is 0.389. The number of rotatable bonds is 5. The highest BCUT2D eigenvalue weighted by Crippen LogP contribution is 2.36. The maximum absolute atomic E-state index is 12.4. The van der Waals surface area contributed by atoms with Crippen molar-refractivity contribution in [2.24, 2.45) is 5.92 Å². The number of pyridine rings is 2. The van der Waals surface area contributed by atoms with Crippen molar-refractivity contribution < 1.29 is 14.3 Å². The van der Waals surface area contributed by atoms with Crippen LogP contribution in [-0.2, 0) is 4.79 Å². The van der Waals surface area contributed by atoms with Crippen LogP contribution in [0.3, 0.4) is 0 Å². The minimum atomic E-state index is -0.263. The highest BCUT2D eigenvalue weighted by Gasteiger charge is 2.38. The second kappa shape index (κ2) is 7.29. The van der Waals surface area contributed by atoms with Crippen LogP contribution in [0.1, 0.15) is 28.4 Å². The molecule has 1 saturated heterocycles. The van der Waals surface area contributed by atoms with Crippen LogP contribution in [0.5, 0.6) is 5.88 Å². The van der Waals surface area contributed by atoms with Gasteiger partial charge in [-0.15, -0.1) is 0 Å². The highest BCUT2D eigenvalue weighted by molar-refractivity contribution is 5.96. The van der Waals surface area contributed by atoms with Gasteiger partial charge in [-0.1, -0.05) is 0 Å². The number of hydrogen-bond donors (Lipinski definition) is 1. The predicted molar refractivity (Wildman–Crippen MR) is 91.0 cm³/mol. The molecule has 2 atom stereocenters. The number of nitrogens with one attached hydrogen (secondary N) is 1. The van der Waals surface area contributed by atoms with Gasteiger partial charge < -0.3 is 15.0 Å². The van der Waals surface area contributed by atoms with Crippen LogP contribution < -0.4 is 10.1 Å². The average Bonchev–Trinajstić information content (AvgIpc) is 2.94. The van der Waals surface area contributed by atoms with Crippen molar-refractivity contribution in [1.82, 2.24) is 20.2 Å². The SMILES string of the molecule is COc1ncccc1C(=O)NC[C@@H]1CC(=O)N(C)[C@H]1c1ccncc1. The molecule has 0 saturated carbocycles. The van der Waals surface area contributed by atoms with Crippen LogP contribution in [-0.4, -0.2) is 47.4 Å². The first kappa shape index (κ1) is 16.9. The molecule has 0 spiro atoms. The van der Waals surface area contributed by atoms with E-state index in [1.807, 2.05) is 12.1 Å². The van der Waals surface area contributed by atoms with Crippen LogP contribution >= 0.6 is 0 Å². The molecule has 3 heterocycles. The smallest absolute Gasteiger partial charge is 0.256 e. The summed E-state index contributed by atoms with van der Waals surface area (Å²) in [5, 5.41) is 2.90. The summed E-state index contributed by atoms with van der Waals surface area (Å²) >= 11 is 0. The quantitative estimate of drug-likeness (QED) is 0.890. The molecule has 2 amide bonds. The van der Waals surface area contributed by atoms with E-state index in [2.05, 4.69) is 15.3 Å². The van der Waals surface area contributed by atoms with Crippen molar-refractivity contribution >= 4 is 11.8 Å². The maximum atomic E-state index is 12.4. The lowest BCUT2D eigenvalue weighted by atomic mass is 9.94. The molecule has 0 radical (unpaired) electrons. The first-order valence-corrected chi connectivity index (χ1v) is 8.04. The molecule has 130 valence electrons. The van der Waals surface area contributed by atoms with Gasteiger partial charge in [0.2, 0.25) is 11.8 Å². The van der Waals surface area contributed by atoms with Gasteiger partial charge in [0.15, 0.2) is 0 Å². The molecule has 3 rings (SSSR count). The molecule has 0 unspecified atom stereocenters. The molecule has 1 aliphatic heterocycles. The summed E-state index contributed by atoms with van der Waals surface area (Å²) in [4.78, 5) is 34.4. The number of amides is 2. The largest absolute Gasteiger partial charge is 0.480 e. The van der Waals surface area contributed by atoms with E-state index < -0.39 is 0 Å². The van der Waals surface area contributed by atoms with E-state index in [9.17, 15) is 9.59 Å². The van der Waals surface area contributed by atoms with Crippen LogP contribution in [0.25, 0.3) is 0 Å². The number of likely N-dealkylation sites (tertiary alicyclic amines) is 1. The fourth-order valence-corrected chi connectivity index (χ4v) is 3.24. The highest BCUT2D eigenvalue weighted by atomic mass is 16.5. The first-order valence-electron chi connectivity index (χ1n) is 8.04. The maximum Gasteiger partial charge on any atom is 0.256 e. The minimum absolute atomic E-state index is 0.00786. The number of ether oxygens (including phenoxy) is 1. The van der Waals surface area contributed by atoms with Gasteiger partial charge in [-0.2, -0.15) is 0 Å². The Balaban J connectivity index is 1.73. The van der Waals surface area contributed by atoms with Crippen molar-refractivity contribution in [1.29, 1.82) is 0 Å². The molecule has 0 aromatic carbocycles. The number of carbonyl (C=O) groups excluding carboxylic acids is 2. The average molecular weight is 340 g/mol. The molecular formula is C18H20N4O3. The Morgan fingerprint density at radius 3 is 2.80 bits per heavy atom. The van der Waals surface area contributed by atoms with E-state index >= 15 is 0 Å². The van der Waals surface area contributed by atoms with E-state index in [0.717, 1.165) is 5.56 Å². The molecule has 1 N–H and O–H groups in total. The molecular weight excluding hydrogens is 320 g/mol. The standard InChI is InChI=1S/C18H20N4O3/c1-22-15(23)10-13(16(22)12-5-8-19-9-6-12)11-21-17(24)14-4-3-7-20-18(14)25-2/h3-9,13,16H,10-11H2,1-2H3,(H,21,24)/t13-,16-/m0/s1. The fraction of sp³-hybridized carbons (Fsp3) is 0.333. The third-order valence-corrected chi connectivity index (χ3v) is 4.48. The molecule has 0 bridgehead atoms. The molecule has 2 aromatic rings. The number of hydrogen-bond acceptors (Lipinski definition) is 5. The summed E-state index contributed by atoms with van der Waals surface area (Å²) in [7, 11) is 3.27. The Morgan fingerprint density at radius 2 is 2.08 bits per heavy atom. The molecule has 0 aliphatic carbocycles. The van der Waals surface area contributed by atoms with Gasteiger partial charge in [-0.3, -0.25) is 14.6 Å². The van der Waals surface area contributed by atoms with Gasteiger partial charge in [0.1, 0.15) is 5.56 Å². The Bertz CT molecular complexity index is 766. The zero-order valence-electron chi connectivity index (χ0n) is 14.2. The first-order chi connectivity index (χ1) is 12.1. The van der Waals surface area contributed by atoms with Gasteiger partial charge in [-0.05, 0) is 29.8 Å². The Labute approximate surface area is 146 Å². The summed E-state index contributed by atoms with van der Waals surface area (Å²) < 4.78 is 5.12. The second-order valence-corrected chi connectivity index (χ2v) is 5.96. The van der Waals surface area contributed by atoms with Gasteiger partial charge in [0.05, 0.1) is 13.2 Å². The van der Waals surface area contributed by atoms with Crippen molar-refractivity contribution in [2.45, 2.75) is 12.5 Å². The van der Waals surface area contributed by atoms with E-state index in [1.54, 1.807) is 42.7 Å². The Hall–Kier alpha value is -2.96. The molecule has 7 nitrogen and oxygen atoms in total. The van der Waals surface area contributed by atoms with Gasteiger partial charge in [-0.25, -0.2) is 4.98 Å². The molecule has 1 fully saturated rings. The number of carbonyl (C=O) groups is 2. The van der Waals surface area contributed by atoms with Gasteiger partial charge in [0.25, 0.3) is 5.91 Å². The number of aromatic nitrogens is 2. The molecule has 25 heavy (non-hydrogen) atoms. The van der Waals surface area contributed by atoms with Crippen LogP contribution in [0.15, 0.2) is 42.9 Å². The van der Waals surface area contributed by atoms with Crippen LogP contribution in [0, 0.1) is 5.92 Å². The lowest BCUT2D eigenvalue weighted by Gasteiger charge is -2.25. The second-order valence-electron chi connectivity index (χ2n) is 5.96. The zero-order valence-corrected chi connectivity index (χ0v) is 14.2. The van der Waals surface area contributed by atoms with Gasteiger partial charge in [0, 0.05) is 44.5 Å². The van der Waals surface area contributed by atoms with E-state index in [0.29, 0.717) is 18.5 Å². The Kier molecular flexibility index (Phi) is 4.92. The summed E-state index contributed by atoms with van der Waals surface area (Å²) in [6, 6.07) is 7.07. The summed E-state index contributed by atoms with van der Waals surface area (Å²) in [6.07, 6.45) is 5.39. The lowest BCUT2D eigenvalue weighted by molar-refractivity contribution is -0.127. The zero-order chi connectivity index (χ0) is 17.8. The number of nitrogens with zero attached hydrogens (tertiary/aromatic N) is 3. The molecule has 1 aliphatic rings. The minimum Gasteiger partial charge on any atom is -0.480 e. The van der Waals surface area contributed by atoms with Crippen molar-refractivity contribution in [3.8, 4) is 5.88 Å². The van der Waals surface area contributed by atoms with Crippen LogP contribution in [0.2, 0.25) is 0 Å². The number of methoxy groups -OCH3 is 1. The summed E-state index contributed by atoms with van der Waals surface area (Å²) in [5.74, 6) is 0.0808. The van der Waals surface area contributed by atoms with E-state index in [4.69, 9.17) is 4.74 Å². The van der Waals surface area contributed by atoms with Crippen molar-refractivity contribution in [3.63, 3.8) is 0 Å². The van der Waals surface area contributed by atoms with Crippen LogP contribution in [0.4, 0.5) is 0 Å². The third kappa shape index (κ3) is 3.45. The van der Waals surface area contributed by atoms with Crippen molar-refractivity contribution in [2.75, 3.05) is 20.7 Å². The van der Waals surface area contributed by atoms with Crippen molar-refractivity contribution in [3.05, 3.63) is 54.0 Å². The fourth-order valence-electron chi connectivity index (χ4n) is 3.24. The summed E-state index contributed by atoms with van der Waals surface area (Å²) in [5.41, 5.74) is 1.39. The lowest BCUT2D eigenvalue weighted by Crippen LogP contribution is -2.32. The molecule has 2 aromatic heterocycles. The Morgan fingerprint density at radius 1 is 1.32 bits per heavy atom. The molecule has 7 heteroatoms. The van der Waals surface area contributed by atoms with Gasteiger partial charge >= 0.3 is 0 Å². The monoisotopic (exact) mass is 340 g/mol. The normalized spacial score (nSPS) is 19.8.